The number of halogens is 1. The first-order valence-electron chi connectivity index (χ1n) is 6.06. The smallest absolute Gasteiger partial charge is 0.0464 e. The standard InChI is InChI=1S/C13H17ClN2/c14-12-4-2-1-3-11(12)13-9-16(8-7-15-13)10-5-6-10/h1-4,10,13,15H,5-9H2/t13-/m1/s1. The number of benzene rings is 1. The monoisotopic (exact) mass is 236 g/mol. The van der Waals surface area contributed by atoms with E-state index in [0.717, 1.165) is 24.2 Å². The predicted molar refractivity (Wildman–Crippen MR) is 66.8 cm³/mol. The van der Waals surface area contributed by atoms with Gasteiger partial charge >= 0.3 is 0 Å². The molecule has 0 bridgehead atoms. The molecule has 2 fully saturated rings. The van der Waals surface area contributed by atoms with Gasteiger partial charge < -0.3 is 5.32 Å². The predicted octanol–water partition coefficient (Wildman–Crippen LogP) is 2.45. The average Bonchev–Trinajstić information content (AvgIpc) is 3.14. The van der Waals surface area contributed by atoms with E-state index in [1.165, 1.54) is 24.9 Å². The van der Waals surface area contributed by atoms with Crippen LogP contribution in [0.5, 0.6) is 0 Å². The van der Waals surface area contributed by atoms with Crippen molar-refractivity contribution in [3.63, 3.8) is 0 Å². The highest BCUT2D eigenvalue weighted by Crippen LogP contribution is 2.31. The molecule has 86 valence electrons. The fraction of sp³-hybridized carbons (Fsp3) is 0.538. The maximum absolute atomic E-state index is 6.24. The molecular formula is C13H17ClN2. The van der Waals surface area contributed by atoms with Crippen molar-refractivity contribution in [2.45, 2.75) is 24.9 Å². The summed E-state index contributed by atoms with van der Waals surface area (Å²) in [4.78, 5) is 2.60. The number of rotatable bonds is 2. The van der Waals surface area contributed by atoms with Crippen LogP contribution in [-0.2, 0) is 0 Å². The zero-order valence-corrected chi connectivity index (χ0v) is 10.1. The topological polar surface area (TPSA) is 15.3 Å². The van der Waals surface area contributed by atoms with Gasteiger partial charge in [-0.1, -0.05) is 29.8 Å². The molecule has 2 aliphatic rings. The fourth-order valence-electron chi connectivity index (χ4n) is 2.51. The molecule has 1 aliphatic heterocycles. The summed E-state index contributed by atoms with van der Waals surface area (Å²) in [5.41, 5.74) is 1.24. The van der Waals surface area contributed by atoms with E-state index in [2.05, 4.69) is 22.3 Å². The van der Waals surface area contributed by atoms with Crippen LogP contribution in [-0.4, -0.2) is 30.6 Å². The van der Waals surface area contributed by atoms with Gasteiger partial charge in [-0.05, 0) is 24.5 Å². The Hall–Kier alpha value is -0.570. The molecule has 3 heteroatoms. The second-order valence-electron chi connectivity index (χ2n) is 4.75. The van der Waals surface area contributed by atoms with E-state index in [1.807, 2.05) is 12.1 Å². The molecular weight excluding hydrogens is 220 g/mol. The lowest BCUT2D eigenvalue weighted by atomic mass is 10.0. The van der Waals surface area contributed by atoms with Gasteiger partial charge in [0.1, 0.15) is 0 Å². The van der Waals surface area contributed by atoms with Crippen molar-refractivity contribution < 1.29 is 0 Å². The van der Waals surface area contributed by atoms with Crippen molar-refractivity contribution in [1.82, 2.24) is 10.2 Å². The largest absolute Gasteiger partial charge is 0.308 e. The van der Waals surface area contributed by atoms with Gasteiger partial charge in [0.15, 0.2) is 0 Å². The Labute approximate surface area is 102 Å². The number of hydrogen-bond donors (Lipinski definition) is 1. The van der Waals surface area contributed by atoms with E-state index in [0.29, 0.717) is 6.04 Å². The minimum absolute atomic E-state index is 0.406. The molecule has 0 amide bonds. The fourth-order valence-corrected chi connectivity index (χ4v) is 2.78. The van der Waals surface area contributed by atoms with E-state index in [9.17, 15) is 0 Å². The Bertz CT molecular complexity index is 376. The van der Waals surface area contributed by atoms with Crippen LogP contribution in [0.25, 0.3) is 0 Å². The highest BCUT2D eigenvalue weighted by Gasteiger charge is 2.33. The zero-order chi connectivity index (χ0) is 11.0. The lowest BCUT2D eigenvalue weighted by molar-refractivity contribution is 0.192. The Kier molecular flexibility index (Phi) is 2.88. The maximum Gasteiger partial charge on any atom is 0.0464 e. The van der Waals surface area contributed by atoms with E-state index in [4.69, 9.17) is 11.6 Å². The van der Waals surface area contributed by atoms with E-state index in [1.54, 1.807) is 0 Å². The van der Waals surface area contributed by atoms with Crippen molar-refractivity contribution in [3.8, 4) is 0 Å². The number of nitrogens with zero attached hydrogens (tertiary/aromatic N) is 1. The Morgan fingerprint density at radius 3 is 2.81 bits per heavy atom. The summed E-state index contributed by atoms with van der Waals surface area (Å²) in [6.07, 6.45) is 2.77. The molecule has 0 spiro atoms. The van der Waals surface area contributed by atoms with Crippen LogP contribution in [0.4, 0.5) is 0 Å². The molecule has 1 aromatic rings. The van der Waals surface area contributed by atoms with Gasteiger partial charge in [-0.3, -0.25) is 4.90 Å². The first-order chi connectivity index (χ1) is 7.84. The Morgan fingerprint density at radius 1 is 1.25 bits per heavy atom. The third-order valence-electron chi connectivity index (χ3n) is 3.55. The van der Waals surface area contributed by atoms with Crippen LogP contribution in [0.1, 0.15) is 24.4 Å². The van der Waals surface area contributed by atoms with E-state index >= 15 is 0 Å². The lowest BCUT2D eigenvalue weighted by Gasteiger charge is -2.34. The van der Waals surface area contributed by atoms with Crippen molar-refractivity contribution in [2.24, 2.45) is 0 Å². The summed E-state index contributed by atoms with van der Waals surface area (Å²) in [6, 6.07) is 9.44. The van der Waals surface area contributed by atoms with Gasteiger partial charge in [-0.2, -0.15) is 0 Å². The molecule has 1 saturated carbocycles. The summed E-state index contributed by atoms with van der Waals surface area (Å²) in [5.74, 6) is 0. The van der Waals surface area contributed by atoms with Crippen LogP contribution in [0.3, 0.4) is 0 Å². The van der Waals surface area contributed by atoms with Gasteiger partial charge in [-0.25, -0.2) is 0 Å². The van der Waals surface area contributed by atoms with E-state index in [-0.39, 0.29) is 0 Å². The van der Waals surface area contributed by atoms with Gasteiger partial charge in [0.05, 0.1) is 0 Å². The molecule has 1 saturated heterocycles. The molecule has 0 radical (unpaired) electrons. The van der Waals surface area contributed by atoms with Crippen molar-refractivity contribution in [2.75, 3.05) is 19.6 Å². The zero-order valence-electron chi connectivity index (χ0n) is 9.32. The van der Waals surface area contributed by atoms with Crippen LogP contribution >= 0.6 is 11.6 Å². The van der Waals surface area contributed by atoms with Crippen LogP contribution < -0.4 is 5.32 Å². The van der Waals surface area contributed by atoms with Crippen LogP contribution in [0, 0.1) is 0 Å². The Balaban J connectivity index is 1.76. The molecule has 0 unspecified atom stereocenters. The summed E-state index contributed by atoms with van der Waals surface area (Å²) in [6.45, 7) is 3.37. The van der Waals surface area contributed by atoms with Gasteiger partial charge in [0, 0.05) is 36.7 Å². The molecule has 1 heterocycles. The molecule has 1 N–H and O–H groups in total. The minimum Gasteiger partial charge on any atom is -0.308 e. The first kappa shape index (κ1) is 10.6. The Morgan fingerprint density at radius 2 is 2.06 bits per heavy atom. The SMILES string of the molecule is Clc1ccccc1[C@H]1CN(C2CC2)CCN1. The molecule has 16 heavy (non-hydrogen) atoms. The highest BCUT2D eigenvalue weighted by molar-refractivity contribution is 6.31. The third-order valence-corrected chi connectivity index (χ3v) is 3.89. The number of hydrogen-bond acceptors (Lipinski definition) is 2. The maximum atomic E-state index is 6.24. The second-order valence-corrected chi connectivity index (χ2v) is 5.16. The number of nitrogens with one attached hydrogen (secondary N) is 1. The molecule has 0 aromatic heterocycles. The third kappa shape index (κ3) is 2.10. The normalized spacial score (nSPS) is 26.9. The minimum atomic E-state index is 0.406. The molecule has 2 nitrogen and oxygen atoms in total. The van der Waals surface area contributed by atoms with Crippen molar-refractivity contribution >= 4 is 11.6 Å². The highest BCUT2D eigenvalue weighted by atomic mass is 35.5. The molecule has 1 aliphatic carbocycles. The summed E-state index contributed by atoms with van der Waals surface area (Å²) in [5, 5.41) is 4.45. The first-order valence-corrected chi connectivity index (χ1v) is 6.44. The van der Waals surface area contributed by atoms with Crippen LogP contribution in [0.15, 0.2) is 24.3 Å². The van der Waals surface area contributed by atoms with Crippen molar-refractivity contribution in [3.05, 3.63) is 34.9 Å². The van der Waals surface area contributed by atoms with Gasteiger partial charge in [0.2, 0.25) is 0 Å². The van der Waals surface area contributed by atoms with E-state index < -0.39 is 0 Å². The second kappa shape index (κ2) is 4.36. The van der Waals surface area contributed by atoms with Gasteiger partial charge in [-0.15, -0.1) is 0 Å². The summed E-state index contributed by atoms with van der Waals surface area (Å²) >= 11 is 6.24. The van der Waals surface area contributed by atoms with Gasteiger partial charge in [0.25, 0.3) is 0 Å². The molecule has 1 aromatic carbocycles. The van der Waals surface area contributed by atoms with Crippen molar-refractivity contribution in [1.29, 1.82) is 0 Å². The lowest BCUT2D eigenvalue weighted by Crippen LogP contribution is -2.46. The molecule has 3 rings (SSSR count). The summed E-state index contributed by atoms with van der Waals surface area (Å²) in [7, 11) is 0. The van der Waals surface area contributed by atoms with Crippen LogP contribution in [0.2, 0.25) is 5.02 Å². The molecule has 1 atom stereocenters. The number of piperazine rings is 1. The average molecular weight is 237 g/mol. The summed E-state index contributed by atoms with van der Waals surface area (Å²) < 4.78 is 0. The quantitative estimate of drug-likeness (QED) is 0.849.